The molecule has 0 heterocycles. The highest BCUT2D eigenvalue weighted by molar-refractivity contribution is 6.36. The second-order valence-electron chi connectivity index (χ2n) is 2.35. The van der Waals surface area contributed by atoms with Crippen LogP contribution in [0.5, 0.6) is 0 Å². The van der Waals surface area contributed by atoms with E-state index in [0.717, 1.165) is 12.1 Å². The molecular weight excluding hydrogens is 226 g/mol. The Balaban J connectivity index is 3.37. The van der Waals surface area contributed by atoms with Crippen molar-refractivity contribution in [3.05, 3.63) is 27.7 Å². The van der Waals surface area contributed by atoms with Gasteiger partial charge in [0, 0.05) is 5.02 Å². The van der Waals surface area contributed by atoms with Crippen molar-refractivity contribution in [2.24, 2.45) is 0 Å². The normalized spacial score (nSPS) is 11.8. The van der Waals surface area contributed by atoms with Gasteiger partial charge in [-0.25, -0.2) is 0 Å². The molecule has 0 amide bonds. The number of anilines is 1. The van der Waals surface area contributed by atoms with E-state index in [9.17, 15) is 13.2 Å². The number of nitrogen functional groups attached to an aromatic ring is 1. The van der Waals surface area contributed by atoms with E-state index in [4.69, 9.17) is 28.9 Å². The van der Waals surface area contributed by atoms with Crippen LogP contribution >= 0.6 is 23.2 Å². The first-order valence-corrected chi connectivity index (χ1v) is 3.89. The van der Waals surface area contributed by atoms with E-state index in [1.54, 1.807) is 0 Å². The lowest BCUT2D eigenvalue weighted by Gasteiger charge is -2.11. The highest BCUT2D eigenvalue weighted by atomic mass is 35.5. The van der Waals surface area contributed by atoms with E-state index in [2.05, 4.69) is 0 Å². The van der Waals surface area contributed by atoms with Gasteiger partial charge in [-0.1, -0.05) is 23.2 Å². The predicted octanol–water partition coefficient (Wildman–Crippen LogP) is 3.59. The van der Waals surface area contributed by atoms with Gasteiger partial charge in [0.1, 0.15) is 0 Å². The van der Waals surface area contributed by atoms with E-state index in [1.807, 2.05) is 0 Å². The molecule has 0 aliphatic rings. The Morgan fingerprint density at radius 1 is 1.15 bits per heavy atom. The average molecular weight is 230 g/mol. The second-order valence-corrected chi connectivity index (χ2v) is 3.19. The lowest BCUT2D eigenvalue weighted by molar-refractivity contribution is -0.136. The molecule has 72 valence electrons. The van der Waals surface area contributed by atoms with Gasteiger partial charge < -0.3 is 5.73 Å². The first kappa shape index (κ1) is 10.5. The van der Waals surface area contributed by atoms with Crippen molar-refractivity contribution in [1.82, 2.24) is 0 Å². The van der Waals surface area contributed by atoms with Crippen molar-refractivity contribution in [3.63, 3.8) is 0 Å². The first-order valence-electron chi connectivity index (χ1n) is 3.14. The third-order valence-corrected chi connectivity index (χ3v) is 1.93. The lowest BCUT2D eigenvalue weighted by atomic mass is 10.2. The summed E-state index contributed by atoms with van der Waals surface area (Å²) in [5.74, 6) is 0. The van der Waals surface area contributed by atoms with Crippen LogP contribution in [-0.2, 0) is 6.18 Å². The molecule has 1 nitrogen and oxygen atoms in total. The van der Waals surface area contributed by atoms with E-state index in [0.29, 0.717) is 0 Å². The van der Waals surface area contributed by atoms with Gasteiger partial charge in [-0.3, -0.25) is 0 Å². The van der Waals surface area contributed by atoms with Crippen LogP contribution in [-0.4, -0.2) is 0 Å². The number of nitrogens with two attached hydrogens (primary N) is 1. The van der Waals surface area contributed by atoms with Crippen molar-refractivity contribution < 1.29 is 13.2 Å². The molecule has 0 aliphatic heterocycles. The monoisotopic (exact) mass is 229 g/mol. The van der Waals surface area contributed by atoms with E-state index >= 15 is 0 Å². The molecule has 0 saturated heterocycles. The molecule has 1 aromatic rings. The largest absolute Gasteiger partial charge is 0.418 e. The summed E-state index contributed by atoms with van der Waals surface area (Å²) < 4.78 is 36.6. The molecule has 0 unspecified atom stereocenters. The SMILES string of the molecule is Nc1c(Cl)cc(Cl)cc1C(F)(F)F. The minimum atomic E-state index is -4.53. The lowest BCUT2D eigenvalue weighted by Crippen LogP contribution is -2.09. The van der Waals surface area contributed by atoms with Gasteiger partial charge in [-0.15, -0.1) is 0 Å². The zero-order valence-electron chi connectivity index (χ0n) is 6.12. The molecule has 1 aromatic carbocycles. The fourth-order valence-electron chi connectivity index (χ4n) is 0.819. The first-order chi connectivity index (χ1) is 5.82. The van der Waals surface area contributed by atoms with Gasteiger partial charge in [0.25, 0.3) is 0 Å². The van der Waals surface area contributed by atoms with Crippen LogP contribution in [0.15, 0.2) is 12.1 Å². The van der Waals surface area contributed by atoms with Crippen molar-refractivity contribution in [3.8, 4) is 0 Å². The van der Waals surface area contributed by atoms with Crippen molar-refractivity contribution in [1.29, 1.82) is 0 Å². The van der Waals surface area contributed by atoms with Crippen LogP contribution in [0.1, 0.15) is 5.56 Å². The third-order valence-electron chi connectivity index (χ3n) is 1.40. The Hall–Kier alpha value is -0.610. The fraction of sp³-hybridized carbons (Fsp3) is 0.143. The van der Waals surface area contributed by atoms with Crippen LogP contribution in [0.3, 0.4) is 0 Å². The van der Waals surface area contributed by atoms with E-state index in [-0.39, 0.29) is 10.0 Å². The number of benzene rings is 1. The van der Waals surface area contributed by atoms with Gasteiger partial charge in [0.15, 0.2) is 0 Å². The number of rotatable bonds is 0. The highest BCUT2D eigenvalue weighted by Gasteiger charge is 2.34. The number of hydrogen-bond donors (Lipinski definition) is 1. The topological polar surface area (TPSA) is 26.0 Å². The Morgan fingerprint density at radius 3 is 2.15 bits per heavy atom. The third kappa shape index (κ3) is 2.19. The zero-order chi connectivity index (χ0) is 10.2. The van der Waals surface area contributed by atoms with Crippen LogP contribution in [0.25, 0.3) is 0 Å². The molecule has 0 radical (unpaired) electrons. The van der Waals surface area contributed by atoms with Gasteiger partial charge in [-0.2, -0.15) is 13.2 Å². The van der Waals surface area contributed by atoms with Crippen LogP contribution in [0.2, 0.25) is 10.0 Å². The summed E-state index contributed by atoms with van der Waals surface area (Å²) in [5.41, 5.74) is 3.62. The van der Waals surface area contributed by atoms with Crippen molar-refractivity contribution in [2.45, 2.75) is 6.18 Å². The summed E-state index contributed by atoms with van der Waals surface area (Å²) in [6.45, 7) is 0. The molecular formula is C7H4Cl2F3N. The molecule has 0 bridgehead atoms. The Kier molecular flexibility index (Phi) is 2.63. The standard InChI is InChI=1S/C7H4Cl2F3N/c8-3-1-4(7(10,11)12)6(13)5(9)2-3/h1-2H,13H2. The number of alkyl halides is 3. The molecule has 1 rings (SSSR count). The summed E-state index contributed by atoms with van der Waals surface area (Å²) in [7, 11) is 0. The van der Waals surface area contributed by atoms with Gasteiger partial charge in [-0.05, 0) is 12.1 Å². The Bertz CT molecular complexity index is 335. The molecule has 0 atom stereocenters. The average Bonchev–Trinajstić information content (AvgIpc) is 1.94. The number of halogens is 5. The van der Waals surface area contributed by atoms with Crippen molar-refractivity contribution >= 4 is 28.9 Å². The molecule has 0 aromatic heterocycles. The van der Waals surface area contributed by atoms with Gasteiger partial charge in [0.2, 0.25) is 0 Å². The summed E-state index contributed by atoms with van der Waals surface area (Å²) in [6.07, 6.45) is -4.53. The smallest absolute Gasteiger partial charge is 0.397 e. The molecule has 2 N–H and O–H groups in total. The predicted molar refractivity (Wildman–Crippen MR) is 45.9 cm³/mol. The minimum Gasteiger partial charge on any atom is -0.397 e. The maximum Gasteiger partial charge on any atom is 0.418 e. The van der Waals surface area contributed by atoms with Crippen LogP contribution in [0.4, 0.5) is 18.9 Å². The quantitative estimate of drug-likeness (QED) is 0.677. The van der Waals surface area contributed by atoms with Gasteiger partial charge >= 0.3 is 6.18 Å². The molecule has 0 aliphatic carbocycles. The molecule has 0 spiro atoms. The highest BCUT2D eigenvalue weighted by Crippen LogP contribution is 2.38. The summed E-state index contributed by atoms with van der Waals surface area (Å²) in [5, 5.41) is -0.286. The minimum absolute atomic E-state index is 0.0912. The summed E-state index contributed by atoms with van der Waals surface area (Å²) in [6, 6.07) is 1.90. The molecule has 0 saturated carbocycles. The van der Waals surface area contributed by atoms with Crippen LogP contribution in [0, 0.1) is 0 Å². The zero-order valence-corrected chi connectivity index (χ0v) is 7.63. The summed E-state index contributed by atoms with van der Waals surface area (Å²) in [4.78, 5) is 0. The Morgan fingerprint density at radius 2 is 1.69 bits per heavy atom. The summed E-state index contributed by atoms with van der Waals surface area (Å²) >= 11 is 10.8. The van der Waals surface area contributed by atoms with E-state index < -0.39 is 17.4 Å². The molecule has 0 fully saturated rings. The number of hydrogen-bond acceptors (Lipinski definition) is 1. The van der Waals surface area contributed by atoms with Gasteiger partial charge in [0.05, 0.1) is 16.3 Å². The van der Waals surface area contributed by atoms with Crippen LogP contribution < -0.4 is 5.73 Å². The van der Waals surface area contributed by atoms with E-state index in [1.165, 1.54) is 0 Å². The maximum absolute atomic E-state index is 12.2. The van der Waals surface area contributed by atoms with Crippen molar-refractivity contribution in [2.75, 3.05) is 5.73 Å². The molecule has 13 heavy (non-hydrogen) atoms. The fourth-order valence-corrected chi connectivity index (χ4v) is 1.31. The second kappa shape index (κ2) is 3.27. The Labute approximate surface area is 82.2 Å². The molecule has 6 heteroatoms. The maximum atomic E-state index is 12.2.